The van der Waals surface area contributed by atoms with Crippen LogP contribution in [0.5, 0.6) is 5.75 Å². The van der Waals surface area contributed by atoms with Crippen LogP contribution < -0.4 is 10.1 Å². The highest BCUT2D eigenvalue weighted by Crippen LogP contribution is 2.19. The van der Waals surface area contributed by atoms with Gasteiger partial charge in [0.25, 0.3) is 0 Å². The first kappa shape index (κ1) is 24.1. The van der Waals surface area contributed by atoms with Crippen molar-refractivity contribution in [2.24, 2.45) is 0 Å². The summed E-state index contributed by atoms with van der Waals surface area (Å²) in [6, 6.07) is 15.6. The van der Waals surface area contributed by atoms with Gasteiger partial charge < -0.3 is 14.8 Å². The first-order chi connectivity index (χ1) is 16.6. The number of rotatable bonds is 10. The van der Waals surface area contributed by atoms with Crippen molar-refractivity contribution in [1.82, 2.24) is 15.1 Å². The van der Waals surface area contributed by atoms with E-state index in [-0.39, 0.29) is 23.9 Å². The van der Waals surface area contributed by atoms with E-state index in [9.17, 15) is 9.18 Å². The minimum Gasteiger partial charge on any atom is -0.494 e. The number of ether oxygens (including phenoxy) is 2. The number of nitriles is 1. The first-order valence-corrected chi connectivity index (χ1v) is 11.8. The quantitative estimate of drug-likeness (QED) is 0.541. The van der Waals surface area contributed by atoms with Crippen molar-refractivity contribution in [2.45, 2.75) is 25.0 Å². The number of benzene rings is 2. The molecule has 34 heavy (non-hydrogen) atoms. The Balaban J connectivity index is 1.11. The number of nitrogens with one attached hydrogen (secondary N) is 1. The van der Waals surface area contributed by atoms with Crippen molar-refractivity contribution in [3.05, 3.63) is 65.5 Å². The summed E-state index contributed by atoms with van der Waals surface area (Å²) in [5.74, 6) is 0.545. The molecule has 1 amide bonds. The van der Waals surface area contributed by atoms with Crippen LogP contribution in [-0.4, -0.2) is 80.3 Å². The molecule has 2 heterocycles. The Labute approximate surface area is 200 Å². The lowest BCUT2D eigenvalue weighted by atomic mass is 10.1. The van der Waals surface area contributed by atoms with Gasteiger partial charge in [-0.05, 0) is 54.8 Å². The minimum absolute atomic E-state index is 0.0129. The second kappa shape index (κ2) is 11.9. The van der Waals surface area contributed by atoms with Crippen LogP contribution in [0.2, 0.25) is 0 Å². The number of hydrogen-bond acceptors (Lipinski definition) is 6. The highest BCUT2D eigenvalue weighted by atomic mass is 19.1. The van der Waals surface area contributed by atoms with Gasteiger partial charge in [-0.15, -0.1) is 0 Å². The lowest BCUT2D eigenvalue weighted by Crippen LogP contribution is -2.60. The first-order valence-electron chi connectivity index (χ1n) is 11.8. The second-order valence-corrected chi connectivity index (χ2v) is 8.90. The number of hydrogen-bond donors (Lipinski definition) is 1. The van der Waals surface area contributed by atoms with Crippen LogP contribution in [-0.2, 0) is 16.0 Å². The largest absolute Gasteiger partial charge is 0.494 e. The molecule has 0 spiro atoms. The molecule has 2 aromatic rings. The van der Waals surface area contributed by atoms with Crippen LogP contribution in [0.15, 0.2) is 48.5 Å². The zero-order chi connectivity index (χ0) is 23.8. The molecule has 2 aromatic carbocycles. The predicted octanol–water partition coefficient (Wildman–Crippen LogP) is 2.21. The molecule has 2 unspecified atom stereocenters. The summed E-state index contributed by atoms with van der Waals surface area (Å²) in [5.41, 5.74) is 1.63. The zero-order valence-corrected chi connectivity index (χ0v) is 19.3. The molecule has 2 saturated heterocycles. The Bertz CT molecular complexity index is 963. The number of amides is 1. The lowest BCUT2D eigenvalue weighted by molar-refractivity contribution is -0.145. The molecule has 1 N–H and O–H groups in total. The summed E-state index contributed by atoms with van der Waals surface area (Å²) < 4.78 is 24.9. The Morgan fingerprint density at radius 2 is 1.74 bits per heavy atom. The molecule has 2 aliphatic rings. The Hall–Kier alpha value is -2.99. The van der Waals surface area contributed by atoms with Crippen LogP contribution in [0.4, 0.5) is 4.39 Å². The van der Waals surface area contributed by atoms with Gasteiger partial charge in [-0.3, -0.25) is 14.6 Å². The summed E-state index contributed by atoms with van der Waals surface area (Å²) >= 11 is 0. The smallest absolute Gasteiger partial charge is 0.234 e. The highest BCUT2D eigenvalue weighted by Gasteiger charge is 2.35. The summed E-state index contributed by atoms with van der Waals surface area (Å²) in [6.45, 7) is 5.70. The zero-order valence-electron chi connectivity index (χ0n) is 19.3. The van der Waals surface area contributed by atoms with Gasteiger partial charge in [-0.2, -0.15) is 5.26 Å². The van der Waals surface area contributed by atoms with Crippen molar-refractivity contribution in [1.29, 1.82) is 5.26 Å². The molecule has 0 radical (unpaired) electrons. The Morgan fingerprint density at radius 3 is 2.41 bits per heavy atom. The molecule has 0 aromatic heterocycles. The predicted molar refractivity (Wildman–Crippen MR) is 126 cm³/mol. The van der Waals surface area contributed by atoms with Gasteiger partial charge >= 0.3 is 0 Å². The second-order valence-electron chi connectivity index (χ2n) is 8.90. The maximum Gasteiger partial charge on any atom is 0.234 e. The molecule has 2 fully saturated rings. The fourth-order valence-electron chi connectivity index (χ4n) is 4.53. The molecule has 7 nitrogen and oxygen atoms in total. The van der Waals surface area contributed by atoms with Gasteiger partial charge in [0.05, 0.1) is 37.0 Å². The monoisotopic (exact) mass is 466 g/mol. The van der Waals surface area contributed by atoms with Crippen molar-refractivity contribution in [3.8, 4) is 11.8 Å². The number of carbonyl (C=O) groups is 1. The van der Waals surface area contributed by atoms with E-state index in [1.165, 1.54) is 12.1 Å². The fraction of sp³-hybridized carbons (Fsp3) is 0.462. The topological polar surface area (TPSA) is 77.8 Å². The SMILES string of the molecule is N#Cc1ccc(OCCCN2CC3CN(CC(=O)NCCc4ccc(F)cc4)CC(C2)O3)cc1. The Kier molecular flexibility index (Phi) is 8.47. The molecule has 8 heteroatoms. The number of carbonyl (C=O) groups excluding carboxylic acids is 1. The summed E-state index contributed by atoms with van der Waals surface area (Å²) in [4.78, 5) is 17.0. The van der Waals surface area contributed by atoms with E-state index in [0.29, 0.717) is 31.7 Å². The third-order valence-corrected chi connectivity index (χ3v) is 6.12. The summed E-state index contributed by atoms with van der Waals surface area (Å²) in [5, 5.41) is 11.8. The van der Waals surface area contributed by atoms with Crippen molar-refractivity contribution < 1.29 is 18.7 Å². The molecule has 2 bridgehead atoms. The third-order valence-electron chi connectivity index (χ3n) is 6.12. The number of halogens is 1. The molecule has 0 saturated carbocycles. The molecule has 0 aliphatic carbocycles. The van der Waals surface area contributed by atoms with E-state index in [4.69, 9.17) is 14.7 Å². The molecule has 2 aliphatic heterocycles. The van der Waals surface area contributed by atoms with Crippen molar-refractivity contribution >= 4 is 5.91 Å². The standard InChI is InChI=1S/C26H31FN4O3/c27-22-6-2-20(3-7-22)10-11-29-26(32)19-31-17-24-15-30(16-25(18-31)34-24)12-1-13-33-23-8-4-21(14-28)5-9-23/h2-9,24-25H,1,10-13,15-19H2,(H,29,32). The third kappa shape index (κ3) is 7.26. The van der Waals surface area contributed by atoms with E-state index in [0.717, 1.165) is 50.5 Å². The molecule has 4 rings (SSSR count). The van der Waals surface area contributed by atoms with Crippen LogP contribution in [0.3, 0.4) is 0 Å². The van der Waals surface area contributed by atoms with Gasteiger partial charge in [0.1, 0.15) is 11.6 Å². The van der Waals surface area contributed by atoms with Crippen LogP contribution in [0.1, 0.15) is 17.5 Å². The molecular formula is C26H31FN4O3. The maximum absolute atomic E-state index is 13.0. The van der Waals surface area contributed by atoms with Gasteiger partial charge in [0, 0.05) is 39.3 Å². The van der Waals surface area contributed by atoms with Crippen LogP contribution in [0.25, 0.3) is 0 Å². The average Bonchev–Trinajstić information content (AvgIpc) is 2.83. The van der Waals surface area contributed by atoms with Crippen LogP contribution in [0, 0.1) is 17.1 Å². The van der Waals surface area contributed by atoms with Crippen molar-refractivity contribution in [2.75, 3.05) is 52.4 Å². The molecule has 180 valence electrons. The van der Waals surface area contributed by atoms with E-state index in [1.807, 2.05) is 12.1 Å². The van der Waals surface area contributed by atoms with E-state index in [2.05, 4.69) is 21.2 Å². The normalized spacial score (nSPS) is 20.5. The molecular weight excluding hydrogens is 435 g/mol. The lowest BCUT2D eigenvalue weighted by Gasteiger charge is -2.45. The van der Waals surface area contributed by atoms with E-state index < -0.39 is 0 Å². The minimum atomic E-state index is -0.249. The number of nitrogens with zero attached hydrogens (tertiary/aromatic N) is 3. The van der Waals surface area contributed by atoms with E-state index in [1.54, 1.807) is 24.3 Å². The van der Waals surface area contributed by atoms with E-state index >= 15 is 0 Å². The number of morpholine rings is 2. The van der Waals surface area contributed by atoms with Gasteiger partial charge in [0.15, 0.2) is 0 Å². The maximum atomic E-state index is 13.0. The van der Waals surface area contributed by atoms with Gasteiger partial charge in [-0.25, -0.2) is 4.39 Å². The van der Waals surface area contributed by atoms with Crippen LogP contribution >= 0.6 is 0 Å². The molecule has 2 atom stereocenters. The Morgan fingerprint density at radius 1 is 1.06 bits per heavy atom. The summed E-state index contributed by atoms with van der Waals surface area (Å²) in [7, 11) is 0. The average molecular weight is 467 g/mol. The highest BCUT2D eigenvalue weighted by molar-refractivity contribution is 5.78. The number of fused-ring (bicyclic) bond motifs is 2. The fourth-order valence-corrected chi connectivity index (χ4v) is 4.53. The summed E-state index contributed by atoms with van der Waals surface area (Å²) in [6.07, 6.45) is 1.82. The van der Waals surface area contributed by atoms with Crippen molar-refractivity contribution in [3.63, 3.8) is 0 Å². The van der Waals surface area contributed by atoms with Gasteiger partial charge in [-0.1, -0.05) is 12.1 Å². The van der Waals surface area contributed by atoms with Gasteiger partial charge in [0.2, 0.25) is 5.91 Å².